The molecule has 5 aliphatic carbocycles. The lowest BCUT2D eigenvalue weighted by atomic mass is 9.33. The van der Waals surface area contributed by atoms with Crippen molar-refractivity contribution < 1.29 is 24.9 Å². The van der Waals surface area contributed by atoms with Gasteiger partial charge in [-0.05, 0) is 78.9 Å². The van der Waals surface area contributed by atoms with E-state index in [1.54, 1.807) is 0 Å². The molecule has 11 unspecified atom stereocenters. The fourth-order valence-corrected chi connectivity index (χ4v) is 11.2. The van der Waals surface area contributed by atoms with Crippen molar-refractivity contribution in [2.75, 3.05) is 6.61 Å². The molecule has 0 aromatic heterocycles. The molecule has 5 heteroatoms. The first-order valence-corrected chi connectivity index (χ1v) is 14.1. The Labute approximate surface area is 210 Å². The van der Waals surface area contributed by atoms with E-state index in [4.69, 9.17) is 4.74 Å². The number of ether oxygens (including phenoxy) is 1. The van der Waals surface area contributed by atoms with E-state index in [0.717, 1.165) is 44.9 Å². The summed E-state index contributed by atoms with van der Waals surface area (Å²) in [6.45, 7) is 13.7. The van der Waals surface area contributed by atoms with E-state index in [-0.39, 0.29) is 57.6 Å². The molecular formula is C30H46O5. The summed E-state index contributed by atoms with van der Waals surface area (Å²) in [4.78, 5) is 13.3. The second-order valence-electron chi connectivity index (χ2n) is 15.2. The van der Waals surface area contributed by atoms with Crippen LogP contribution in [0.15, 0.2) is 11.6 Å². The number of aliphatic hydroxyl groups is 3. The lowest BCUT2D eigenvalue weighted by molar-refractivity contribution is -0.242. The average Bonchev–Trinajstić information content (AvgIpc) is 3.09. The molecule has 0 radical (unpaired) electrons. The fraction of sp³-hybridized carbons (Fsp3) is 0.900. The van der Waals surface area contributed by atoms with Crippen molar-refractivity contribution in [1.82, 2.24) is 0 Å². The smallest absolute Gasteiger partial charge is 0.313 e. The maximum absolute atomic E-state index is 13.3. The van der Waals surface area contributed by atoms with Crippen LogP contribution in [0.25, 0.3) is 0 Å². The lowest BCUT2D eigenvalue weighted by Gasteiger charge is -2.71. The maximum Gasteiger partial charge on any atom is 0.313 e. The quantitative estimate of drug-likeness (QED) is 0.372. The molecule has 6 aliphatic rings. The van der Waals surface area contributed by atoms with Crippen LogP contribution in [0.3, 0.4) is 0 Å². The molecular weight excluding hydrogens is 440 g/mol. The molecule has 1 heterocycles. The molecule has 5 fully saturated rings. The van der Waals surface area contributed by atoms with Crippen LogP contribution in [0.1, 0.15) is 92.9 Å². The molecule has 1 spiro atoms. The topological polar surface area (TPSA) is 87.0 Å². The monoisotopic (exact) mass is 486 g/mol. The first kappa shape index (κ1) is 24.4. The van der Waals surface area contributed by atoms with Crippen LogP contribution in [0, 0.1) is 50.2 Å². The highest BCUT2D eigenvalue weighted by atomic mass is 16.6. The molecule has 1 saturated heterocycles. The Hall–Kier alpha value is -0.910. The first-order valence-electron chi connectivity index (χ1n) is 14.1. The zero-order chi connectivity index (χ0) is 25.4. The van der Waals surface area contributed by atoms with Gasteiger partial charge in [-0.3, -0.25) is 4.79 Å². The fourth-order valence-electron chi connectivity index (χ4n) is 11.2. The predicted molar refractivity (Wildman–Crippen MR) is 133 cm³/mol. The predicted octanol–water partition coefficient (Wildman–Crippen LogP) is 4.63. The van der Waals surface area contributed by atoms with Gasteiger partial charge in [0.05, 0.1) is 24.2 Å². The minimum atomic E-state index is -0.888. The SMILES string of the molecule is CC1(C)CC2C3=CCC4C5(C)CC(O)C(O)C(C)(CO)C5CCC4(C)C3(C)CCC23CC1OC3=O. The van der Waals surface area contributed by atoms with Crippen molar-refractivity contribution in [2.24, 2.45) is 50.2 Å². The number of allylic oxidation sites excluding steroid dienone is 2. The van der Waals surface area contributed by atoms with Gasteiger partial charge in [0.1, 0.15) is 6.10 Å². The number of fused-ring (bicyclic) bond motifs is 7. The summed E-state index contributed by atoms with van der Waals surface area (Å²) in [7, 11) is 0. The van der Waals surface area contributed by atoms with Gasteiger partial charge in [0.15, 0.2) is 0 Å². The second-order valence-corrected chi connectivity index (χ2v) is 15.2. The van der Waals surface area contributed by atoms with Gasteiger partial charge in [-0.15, -0.1) is 0 Å². The van der Waals surface area contributed by atoms with Gasteiger partial charge in [-0.1, -0.05) is 53.2 Å². The molecule has 35 heavy (non-hydrogen) atoms. The Morgan fingerprint density at radius 1 is 0.971 bits per heavy atom. The van der Waals surface area contributed by atoms with Gasteiger partial charge in [-0.2, -0.15) is 0 Å². The summed E-state index contributed by atoms with van der Waals surface area (Å²) in [5.41, 5.74) is 0.367. The van der Waals surface area contributed by atoms with Crippen molar-refractivity contribution in [3.63, 3.8) is 0 Å². The molecule has 0 aromatic rings. The Balaban J connectivity index is 1.45. The highest BCUT2D eigenvalue weighted by molar-refractivity contribution is 5.81. The van der Waals surface area contributed by atoms with E-state index in [1.807, 2.05) is 6.92 Å². The number of esters is 1. The molecule has 6 rings (SSSR count). The van der Waals surface area contributed by atoms with Gasteiger partial charge in [0, 0.05) is 17.3 Å². The normalized spacial score (nSPS) is 58.3. The van der Waals surface area contributed by atoms with Crippen LogP contribution in [0.4, 0.5) is 0 Å². The summed E-state index contributed by atoms with van der Waals surface area (Å²) in [5, 5.41) is 32.4. The third-order valence-corrected chi connectivity index (χ3v) is 13.5. The largest absolute Gasteiger partial charge is 0.461 e. The van der Waals surface area contributed by atoms with Gasteiger partial charge >= 0.3 is 5.97 Å². The zero-order valence-electron chi connectivity index (χ0n) is 22.6. The van der Waals surface area contributed by atoms with Crippen LogP contribution in [-0.2, 0) is 9.53 Å². The van der Waals surface area contributed by atoms with Gasteiger partial charge < -0.3 is 20.1 Å². The first-order chi connectivity index (χ1) is 16.2. The van der Waals surface area contributed by atoms with Crippen molar-refractivity contribution in [1.29, 1.82) is 0 Å². The van der Waals surface area contributed by atoms with E-state index >= 15 is 0 Å². The molecule has 2 bridgehead atoms. The number of hydrogen-bond donors (Lipinski definition) is 3. The van der Waals surface area contributed by atoms with E-state index < -0.39 is 17.6 Å². The van der Waals surface area contributed by atoms with Crippen LogP contribution in [-0.4, -0.2) is 46.2 Å². The Kier molecular flexibility index (Phi) is 4.84. The Morgan fingerprint density at radius 3 is 2.37 bits per heavy atom. The van der Waals surface area contributed by atoms with Crippen LogP contribution < -0.4 is 0 Å². The van der Waals surface area contributed by atoms with Crippen molar-refractivity contribution in [2.45, 2.75) is 111 Å². The minimum Gasteiger partial charge on any atom is -0.461 e. The van der Waals surface area contributed by atoms with E-state index in [2.05, 4.69) is 40.7 Å². The van der Waals surface area contributed by atoms with E-state index in [0.29, 0.717) is 12.3 Å². The maximum atomic E-state index is 13.3. The summed E-state index contributed by atoms with van der Waals surface area (Å²) in [6.07, 6.45) is 8.20. The summed E-state index contributed by atoms with van der Waals surface area (Å²) in [5.74, 6) is 0.841. The summed E-state index contributed by atoms with van der Waals surface area (Å²) in [6, 6.07) is 0. The van der Waals surface area contributed by atoms with E-state index in [1.165, 1.54) is 5.57 Å². The second kappa shape index (κ2) is 6.94. The number of rotatable bonds is 1. The minimum absolute atomic E-state index is 0.00221. The number of carbonyl (C=O) groups is 1. The lowest BCUT2D eigenvalue weighted by Crippen LogP contribution is -2.68. The molecule has 0 aromatic carbocycles. The van der Waals surface area contributed by atoms with Gasteiger partial charge in [0.2, 0.25) is 0 Å². The third-order valence-electron chi connectivity index (χ3n) is 13.5. The van der Waals surface area contributed by atoms with Crippen LogP contribution >= 0.6 is 0 Å². The Bertz CT molecular complexity index is 987. The number of hydrogen-bond acceptors (Lipinski definition) is 5. The number of carbonyl (C=O) groups excluding carboxylic acids is 1. The van der Waals surface area contributed by atoms with Crippen LogP contribution in [0.2, 0.25) is 0 Å². The highest BCUT2D eigenvalue weighted by Gasteiger charge is 2.72. The molecule has 0 amide bonds. The summed E-state index contributed by atoms with van der Waals surface area (Å²) < 4.78 is 6.01. The molecule has 11 atom stereocenters. The third kappa shape index (κ3) is 2.64. The van der Waals surface area contributed by atoms with Gasteiger partial charge in [-0.25, -0.2) is 0 Å². The van der Waals surface area contributed by atoms with Gasteiger partial charge in [0.25, 0.3) is 0 Å². The number of aliphatic hydroxyl groups excluding tert-OH is 3. The standard InChI is InChI=1S/C30H46O5/c1-25(2)13-18-17-7-8-21-26(3)14-19(32)23(33)27(4,16-31)20(26)9-10-29(21,6)28(17,5)11-12-30(18)15-22(25)35-24(30)34/h7,18-23,31-33H,8-16H2,1-6H3. The molecule has 3 N–H and O–H groups in total. The molecule has 4 saturated carbocycles. The van der Waals surface area contributed by atoms with Crippen molar-refractivity contribution >= 4 is 5.97 Å². The highest BCUT2D eigenvalue weighted by Crippen LogP contribution is 2.76. The summed E-state index contributed by atoms with van der Waals surface area (Å²) >= 11 is 0. The van der Waals surface area contributed by atoms with Crippen LogP contribution in [0.5, 0.6) is 0 Å². The molecule has 196 valence electrons. The van der Waals surface area contributed by atoms with Crippen molar-refractivity contribution in [3.8, 4) is 0 Å². The average molecular weight is 487 g/mol. The van der Waals surface area contributed by atoms with Crippen molar-refractivity contribution in [3.05, 3.63) is 11.6 Å². The Morgan fingerprint density at radius 2 is 1.69 bits per heavy atom. The molecule has 1 aliphatic heterocycles. The van der Waals surface area contributed by atoms with E-state index in [9.17, 15) is 20.1 Å². The molecule has 5 nitrogen and oxygen atoms in total. The zero-order valence-corrected chi connectivity index (χ0v) is 22.6.